The number of fused-ring (bicyclic) bond motifs is 1. The van der Waals surface area contributed by atoms with Crippen molar-refractivity contribution in [2.75, 3.05) is 19.0 Å². The third-order valence-corrected chi connectivity index (χ3v) is 4.42. The number of nitrogens with one attached hydrogen (secondary N) is 1. The maximum Gasteiger partial charge on any atom is 0.313 e. The fourth-order valence-electron chi connectivity index (χ4n) is 2.79. The Balaban J connectivity index is 1.61. The van der Waals surface area contributed by atoms with Crippen LogP contribution in [0, 0.1) is 5.82 Å². The molecule has 0 aliphatic carbocycles. The molecule has 5 nitrogen and oxygen atoms in total. The number of carbonyl (C=O) groups excluding carboxylic acids is 2. The summed E-state index contributed by atoms with van der Waals surface area (Å²) in [5, 5.41) is 4.34. The van der Waals surface area contributed by atoms with E-state index >= 15 is 0 Å². The van der Waals surface area contributed by atoms with Crippen molar-refractivity contribution in [2.45, 2.75) is 12.8 Å². The summed E-state index contributed by atoms with van der Waals surface area (Å²) in [6.45, 7) is 1.23. The van der Waals surface area contributed by atoms with Crippen molar-refractivity contribution in [3.05, 3.63) is 72.0 Å². The van der Waals surface area contributed by atoms with E-state index in [1.165, 1.54) is 18.2 Å². The maximum absolute atomic E-state index is 13.5. The highest BCUT2D eigenvalue weighted by atomic mass is 19.1. The van der Waals surface area contributed by atoms with Crippen molar-refractivity contribution in [3.63, 3.8) is 0 Å². The normalized spacial score (nSPS) is 11.7. The molecule has 1 amide bonds. The monoisotopic (exact) mass is 381 g/mol. The van der Waals surface area contributed by atoms with Gasteiger partial charge in [-0.3, -0.25) is 9.59 Å². The van der Waals surface area contributed by atoms with E-state index in [-0.39, 0.29) is 5.69 Å². The molecule has 0 saturated carbocycles. The lowest BCUT2D eigenvalue weighted by atomic mass is 9.98. The molecule has 28 heavy (non-hydrogen) atoms. The average Bonchev–Trinajstić information content (AvgIpc) is 2.72. The Morgan fingerprint density at radius 2 is 1.75 bits per heavy atom. The van der Waals surface area contributed by atoms with E-state index in [1.54, 1.807) is 20.1 Å². The molecule has 0 aliphatic rings. The smallest absolute Gasteiger partial charge is 0.313 e. The Morgan fingerprint density at radius 3 is 2.50 bits per heavy atom. The molecule has 1 N–H and O–H groups in total. The predicted octanol–water partition coefficient (Wildman–Crippen LogP) is 4.27. The highest BCUT2D eigenvalue weighted by molar-refractivity contribution is 5.93. The molecule has 1 atom stereocenters. The first-order valence-corrected chi connectivity index (χ1v) is 8.76. The van der Waals surface area contributed by atoms with Crippen LogP contribution in [0.1, 0.15) is 18.4 Å². The van der Waals surface area contributed by atoms with E-state index in [2.05, 4.69) is 5.32 Å². The molecule has 0 aliphatic heterocycles. The van der Waals surface area contributed by atoms with Gasteiger partial charge in [0.2, 0.25) is 0 Å². The molecule has 3 aromatic carbocycles. The van der Waals surface area contributed by atoms with Crippen molar-refractivity contribution in [3.8, 4) is 5.75 Å². The number of rotatable bonds is 6. The molecule has 3 rings (SSSR count). The van der Waals surface area contributed by atoms with Gasteiger partial charge in [0.25, 0.3) is 5.91 Å². The first kappa shape index (κ1) is 19.4. The molecule has 0 bridgehead atoms. The van der Waals surface area contributed by atoms with Gasteiger partial charge in [-0.15, -0.1) is 0 Å². The SMILES string of the molecule is COc1ccc2cc([C@H](C)C(=O)OCC(=O)Nc3ccccc3F)ccc2c1. The van der Waals surface area contributed by atoms with Crippen LogP contribution in [0.5, 0.6) is 5.75 Å². The van der Waals surface area contributed by atoms with Crippen molar-refractivity contribution >= 4 is 28.3 Å². The number of esters is 1. The molecule has 0 spiro atoms. The summed E-state index contributed by atoms with van der Waals surface area (Å²) in [5.74, 6) is -1.47. The van der Waals surface area contributed by atoms with E-state index < -0.39 is 30.2 Å². The van der Waals surface area contributed by atoms with E-state index in [0.717, 1.165) is 22.1 Å². The van der Waals surface area contributed by atoms with Crippen molar-refractivity contribution in [2.24, 2.45) is 0 Å². The fraction of sp³-hybridized carbons (Fsp3) is 0.182. The molecule has 144 valence electrons. The largest absolute Gasteiger partial charge is 0.497 e. The molecule has 0 aromatic heterocycles. The summed E-state index contributed by atoms with van der Waals surface area (Å²) in [7, 11) is 1.61. The van der Waals surface area contributed by atoms with Gasteiger partial charge in [-0.1, -0.05) is 36.4 Å². The summed E-state index contributed by atoms with van der Waals surface area (Å²) in [4.78, 5) is 24.2. The molecular weight excluding hydrogens is 361 g/mol. The number of para-hydroxylation sites is 1. The van der Waals surface area contributed by atoms with Crippen LogP contribution in [-0.4, -0.2) is 25.6 Å². The number of halogens is 1. The van der Waals surface area contributed by atoms with E-state index in [9.17, 15) is 14.0 Å². The van der Waals surface area contributed by atoms with Gasteiger partial charge in [0.15, 0.2) is 6.61 Å². The predicted molar refractivity (Wildman–Crippen MR) is 105 cm³/mol. The second-order valence-corrected chi connectivity index (χ2v) is 6.33. The maximum atomic E-state index is 13.5. The number of carbonyl (C=O) groups is 2. The molecule has 6 heteroatoms. The third-order valence-electron chi connectivity index (χ3n) is 4.42. The van der Waals surface area contributed by atoms with Crippen LogP contribution in [0.4, 0.5) is 10.1 Å². The molecule has 0 radical (unpaired) electrons. The van der Waals surface area contributed by atoms with Gasteiger partial charge in [0.1, 0.15) is 11.6 Å². The van der Waals surface area contributed by atoms with Crippen molar-refractivity contribution < 1.29 is 23.5 Å². The first-order valence-electron chi connectivity index (χ1n) is 8.76. The fourth-order valence-corrected chi connectivity index (χ4v) is 2.79. The minimum absolute atomic E-state index is 0.0431. The average molecular weight is 381 g/mol. The van der Waals surface area contributed by atoms with Crippen LogP contribution in [0.25, 0.3) is 10.8 Å². The number of hydrogen-bond acceptors (Lipinski definition) is 4. The van der Waals surface area contributed by atoms with Crippen molar-refractivity contribution in [1.82, 2.24) is 0 Å². The van der Waals surface area contributed by atoms with E-state index in [0.29, 0.717) is 0 Å². The molecule has 3 aromatic rings. The number of benzene rings is 3. The van der Waals surface area contributed by atoms with Crippen molar-refractivity contribution in [1.29, 1.82) is 0 Å². The Kier molecular flexibility index (Phi) is 5.89. The second kappa shape index (κ2) is 8.52. The summed E-state index contributed by atoms with van der Waals surface area (Å²) in [5.41, 5.74) is 0.818. The summed E-state index contributed by atoms with van der Waals surface area (Å²) in [6.07, 6.45) is 0. The number of ether oxygens (including phenoxy) is 2. The molecule has 0 unspecified atom stereocenters. The third kappa shape index (κ3) is 4.46. The zero-order valence-corrected chi connectivity index (χ0v) is 15.6. The quantitative estimate of drug-likeness (QED) is 0.648. The van der Waals surface area contributed by atoms with E-state index in [4.69, 9.17) is 9.47 Å². The standard InChI is InChI=1S/C22H20FNO4/c1-14(15-7-8-17-12-18(27-2)10-9-16(17)11-15)22(26)28-13-21(25)24-20-6-4-3-5-19(20)23/h3-12,14H,13H2,1-2H3,(H,24,25)/t14-/m0/s1. The second-order valence-electron chi connectivity index (χ2n) is 6.33. The Bertz CT molecular complexity index is 1020. The number of hydrogen-bond donors (Lipinski definition) is 1. The van der Waals surface area contributed by atoms with Crippen LogP contribution in [0.3, 0.4) is 0 Å². The first-order chi connectivity index (χ1) is 13.5. The number of anilines is 1. The van der Waals surface area contributed by atoms with Gasteiger partial charge in [0, 0.05) is 0 Å². The van der Waals surface area contributed by atoms with Crippen LogP contribution in [-0.2, 0) is 14.3 Å². The number of amides is 1. The van der Waals surface area contributed by atoms with Gasteiger partial charge >= 0.3 is 5.97 Å². The van der Waals surface area contributed by atoms with E-state index in [1.807, 2.05) is 36.4 Å². The zero-order chi connectivity index (χ0) is 20.1. The lowest BCUT2D eigenvalue weighted by Gasteiger charge is -2.13. The van der Waals surface area contributed by atoms with Crippen LogP contribution in [0.2, 0.25) is 0 Å². The highest BCUT2D eigenvalue weighted by Gasteiger charge is 2.19. The van der Waals surface area contributed by atoms with Gasteiger partial charge < -0.3 is 14.8 Å². The van der Waals surface area contributed by atoms with Gasteiger partial charge in [-0.25, -0.2) is 4.39 Å². The minimum atomic E-state index is -0.601. The summed E-state index contributed by atoms with van der Waals surface area (Å²) >= 11 is 0. The Hall–Kier alpha value is -3.41. The molecule has 0 fully saturated rings. The lowest BCUT2D eigenvalue weighted by molar-refractivity contribution is -0.148. The lowest BCUT2D eigenvalue weighted by Crippen LogP contribution is -2.23. The van der Waals surface area contributed by atoms with Gasteiger partial charge in [-0.2, -0.15) is 0 Å². The molecule has 0 saturated heterocycles. The Labute approximate surface area is 162 Å². The highest BCUT2D eigenvalue weighted by Crippen LogP contribution is 2.25. The summed E-state index contributed by atoms with van der Waals surface area (Å²) in [6, 6.07) is 17.1. The summed E-state index contributed by atoms with van der Waals surface area (Å²) < 4.78 is 23.8. The van der Waals surface area contributed by atoms with Gasteiger partial charge in [-0.05, 0) is 47.5 Å². The minimum Gasteiger partial charge on any atom is -0.497 e. The number of methoxy groups -OCH3 is 1. The molecular formula is C22H20FNO4. The zero-order valence-electron chi connectivity index (χ0n) is 15.6. The van der Waals surface area contributed by atoms with Crippen LogP contribution < -0.4 is 10.1 Å². The Morgan fingerprint density at radius 1 is 1.04 bits per heavy atom. The van der Waals surface area contributed by atoms with Crippen LogP contribution >= 0.6 is 0 Å². The van der Waals surface area contributed by atoms with Crippen LogP contribution in [0.15, 0.2) is 60.7 Å². The van der Waals surface area contributed by atoms with Gasteiger partial charge in [0.05, 0.1) is 18.7 Å². The molecule has 0 heterocycles. The topological polar surface area (TPSA) is 64.6 Å².